The highest BCUT2D eigenvalue weighted by Crippen LogP contribution is 2.20. The number of piperidine rings is 1. The summed E-state index contributed by atoms with van der Waals surface area (Å²) < 4.78 is 27.6. The zero-order valence-electron chi connectivity index (χ0n) is 17.6. The number of nitrogens with zero attached hydrogens (tertiary/aromatic N) is 1. The van der Waals surface area contributed by atoms with Crippen LogP contribution in [-0.4, -0.2) is 34.0 Å². The topological polar surface area (TPSA) is 78.5 Å². The first-order valence-corrected chi connectivity index (χ1v) is 12.2. The second-order valence-electron chi connectivity index (χ2n) is 7.64. The van der Waals surface area contributed by atoms with Crippen LogP contribution in [0, 0.1) is 0 Å². The van der Waals surface area contributed by atoms with Gasteiger partial charge >= 0.3 is 0 Å². The number of anilines is 2. The quantitative estimate of drug-likeness (QED) is 0.592. The molecule has 0 aliphatic carbocycles. The molecule has 0 radical (unpaired) electrons. The van der Waals surface area contributed by atoms with Gasteiger partial charge in [0.05, 0.1) is 4.90 Å². The van der Waals surface area contributed by atoms with Gasteiger partial charge in [-0.15, -0.1) is 0 Å². The maximum atomic E-state index is 12.4. The molecule has 1 aliphatic heterocycles. The van der Waals surface area contributed by atoms with E-state index in [1.807, 2.05) is 0 Å². The van der Waals surface area contributed by atoms with Crippen molar-refractivity contribution in [1.82, 2.24) is 4.72 Å². The lowest BCUT2D eigenvalue weighted by Gasteiger charge is -2.28. The van der Waals surface area contributed by atoms with Gasteiger partial charge in [0.2, 0.25) is 15.9 Å². The van der Waals surface area contributed by atoms with E-state index in [9.17, 15) is 13.2 Å². The SMILES string of the molecule is CCC(=O)Nc1ccc(S(=O)(=O)NCCCc2ccc(N3CCCCC3)cc2)cc1. The standard InChI is InChI=1S/C23H31N3O3S/c1-2-23(27)25-20-10-14-22(15-11-20)30(28,29)24-16-6-7-19-8-12-21(13-9-19)26-17-4-3-5-18-26/h8-15,24H,2-7,16-18H2,1H3,(H,25,27). The van der Waals surface area contributed by atoms with Gasteiger partial charge in [-0.05, 0) is 74.1 Å². The largest absolute Gasteiger partial charge is 0.372 e. The van der Waals surface area contributed by atoms with E-state index in [-0.39, 0.29) is 10.8 Å². The van der Waals surface area contributed by atoms with Gasteiger partial charge in [-0.1, -0.05) is 19.1 Å². The predicted molar refractivity (Wildman–Crippen MR) is 121 cm³/mol. The molecule has 0 unspecified atom stereocenters. The Labute approximate surface area is 179 Å². The lowest BCUT2D eigenvalue weighted by Crippen LogP contribution is -2.29. The van der Waals surface area contributed by atoms with Crippen molar-refractivity contribution in [2.24, 2.45) is 0 Å². The highest BCUT2D eigenvalue weighted by atomic mass is 32.2. The summed E-state index contributed by atoms with van der Waals surface area (Å²) in [5, 5.41) is 2.71. The van der Waals surface area contributed by atoms with Crippen LogP contribution >= 0.6 is 0 Å². The molecule has 0 aromatic heterocycles. The zero-order chi connectivity index (χ0) is 21.4. The summed E-state index contributed by atoms with van der Waals surface area (Å²) in [6.07, 6.45) is 5.78. The number of sulfonamides is 1. The van der Waals surface area contributed by atoms with Crippen LogP contribution in [0.2, 0.25) is 0 Å². The average molecular weight is 430 g/mol. The van der Waals surface area contributed by atoms with Crippen molar-refractivity contribution in [3.05, 3.63) is 54.1 Å². The van der Waals surface area contributed by atoms with Crippen molar-refractivity contribution in [2.45, 2.75) is 50.3 Å². The first kappa shape index (κ1) is 22.3. The molecule has 1 aliphatic rings. The molecular formula is C23H31N3O3S. The van der Waals surface area contributed by atoms with E-state index in [0.29, 0.717) is 18.7 Å². The Kier molecular flexibility index (Phi) is 7.87. The molecule has 0 bridgehead atoms. The summed E-state index contributed by atoms with van der Waals surface area (Å²) in [4.78, 5) is 14.0. The Morgan fingerprint density at radius 3 is 2.27 bits per heavy atom. The highest BCUT2D eigenvalue weighted by molar-refractivity contribution is 7.89. The molecule has 1 amide bonds. The van der Waals surface area contributed by atoms with E-state index in [0.717, 1.165) is 25.9 Å². The number of carbonyl (C=O) groups is 1. The maximum absolute atomic E-state index is 12.4. The third-order valence-corrected chi connectivity index (χ3v) is 6.84. The molecule has 30 heavy (non-hydrogen) atoms. The summed E-state index contributed by atoms with van der Waals surface area (Å²) in [6.45, 7) is 4.41. The highest BCUT2D eigenvalue weighted by Gasteiger charge is 2.14. The summed E-state index contributed by atoms with van der Waals surface area (Å²) in [5.74, 6) is -0.104. The van der Waals surface area contributed by atoms with Crippen LogP contribution in [-0.2, 0) is 21.2 Å². The van der Waals surface area contributed by atoms with E-state index in [1.54, 1.807) is 19.1 Å². The second kappa shape index (κ2) is 10.6. The minimum Gasteiger partial charge on any atom is -0.372 e. The molecule has 1 fully saturated rings. The fourth-order valence-electron chi connectivity index (χ4n) is 3.57. The van der Waals surface area contributed by atoms with E-state index in [1.165, 1.54) is 42.6 Å². The maximum Gasteiger partial charge on any atom is 0.240 e. The first-order valence-electron chi connectivity index (χ1n) is 10.7. The van der Waals surface area contributed by atoms with Gasteiger partial charge in [-0.2, -0.15) is 0 Å². The van der Waals surface area contributed by atoms with Crippen molar-refractivity contribution in [3.63, 3.8) is 0 Å². The second-order valence-corrected chi connectivity index (χ2v) is 9.41. The average Bonchev–Trinajstić information content (AvgIpc) is 2.78. The smallest absolute Gasteiger partial charge is 0.240 e. The summed E-state index contributed by atoms with van der Waals surface area (Å²) in [6, 6.07) is 14.8. The van der Waals surface area contributed by atoms with Crippen LogP contribution in [0.5, 0.6) is 0 Å². The van der Waals surface area contributed by atoms with E-state index < -0.39 is 10.0 Å². The van der Waals surface area contributed by atoms with Gasteiger partial charge in [0.1, 0.15) is 0 Å². The van der Waals surface area contributed by atoms with Gasteiger partial charge in [-0.3, -0.25) is 4.79 Å². The van der Waals surface area contributed by atoms with Crippen molar-refractivity contribution >= 4 is 27.3 Å². The molecule has 0 spiro atoms. The number of benzene rings is 2. The lowest BCUT2D eigenvalue weighted by molar-refractivity contribution is -0.115. The van der Waals surface area contributed by atoms with Crippen LogP contribution in [0.3, 0.4) is 0 Å². The summed E-state index contributed by atoms with van der Waals surface area (Å²) in [7, 11) is -3.56. The Morgan fingerprint density at radius 2 is 1.63 bits per heavy atom. The number of hydrogen-bond donors (Lipinski definition) is 2. The summed E-state index contributed by atoms with van der Waals surface area (Å²) >= 11 is 0. The molecule has 0 saturated carbocycles. The van der Waals surface area contributed by atoms with Crippen molar-refractivity contribution < 1.29 is 13.2 Å². The molecule has 7 heteroatoms. The van der Waals surface area contributed by atoms with Crippen LogP contribution in [0.4, 0.5) is 11.4 Å². The first-order chi connectivity index (χ1) is 14.5. The third kappa shape index (κ3) is 6.31. The van der Waals surface area contributed by atoms with E-state index >= 15 is 0 Å². The zero-order valence-corrected chi connectivity index (χ0v) is 18.4. The van der Waals surface area contributed by atoms with E-state index in [2.05, 4.69) is 39.2 Å². The predicted octanol–water partition coefficient (Wildman–Crippen LogP) is 3.94. The molecule has 2 N–H and O–H groups in total. The Balaban J connectivity index is 1.45. The van der Waals surface area contributed by atoms with E-state index in [4.69, 9.17) is 0 Å². The molecule has 1 heterocycles. The fourth-order valence-corrected chi connectivity index (χ4v) is 4.65. The van der Waals surface area contributed by atoms with Crippen LogP contribution in [0.25, 0.3) is 0 Å². The molecule has 1 saturated heterocycles. The number of hydrogen-bond acceptors (Lipinski definition) is 4. The fraction of sp³-hybridized carbons (Fsp3) is 0.435. The molecule has 162 valence electrons. The number of amides is 1. The third-order valence-electron chi connectivity index (χ3n) is 5.36. The number of nitrogens with one attached hydrogen (secondary N) is 2. The van der Waals surface area contributed by atoms with Crippen LogP contribution in [0.1, 0.15) is 44.6 Å². The number of carbonyl (C=O) groups excluding carboxylic acids is 1. The molecule has 6 nitrogen and oxygen atoms in total. The van der Waals surface area contributed by atoms with Crippen LogP contribution < -0.4 is 14.9 Å². The molecule has 0 atom stereocenters. The molecule has 3 rings (SSSR count). The Hall–Kier alpha value is -2.38. The summed E-state index contributed by atoms with van der Waals surface area (Å²) in [5.41, 5.74) is 3.08. The number of rotatable bonds is 9. The van der Waals surface area contributed by atoms with Gasteiger partial charge in [0.15, 0.2) is 0 Å². The van der Waals surface area contributed by atoms with Crippen molar-refractivity contribution in [3.8, 4) is 0 Å². The van der Waals surface area contributed by atoms with Gasteiger partial charge in [0.25, 0.3) is 0 Å². The minimum absolute atomic E-state index is 0.104. The Bertz CT molecular complexity index is 919. The van der Waals surface area contributed by atoms with Crippen molar-refractivity contribution in [2.75, 3.05) is 29.9 Å². The van der Waals surface area contributed by atoms with Gasteiger partial charge < -0.3 is 10.2 Å². The van der Waals surface area contributed by atoms with Crippen LogP contribution in [0.15, 0.2) is 53.4 Å². The number of aryl methyl sites for hydroxylation is 1. The monoisotopic (exact) mass is 429 g/mol. The van der Waals surface area contributed by atoms with Crippen molar-refractivity contribution in [1.29, 1.82) is 0 Å². The Morgan fingerprint density at radius 1 is 0.967 bits per heavy atom. The van der Waals surface area contributed by atoms with Gasteiger partial charge in [0, 0.05) is 37.4 Å². The molecular weight excluding hydrogens is 398 g/mol. The normalized spacial score (nSPS) is 14.5. The molecule has 2 aromatic rings. The van der Waals surface area contributed by atoms with Gasteiger partial charge in [-0.25, -0.2) is 13.1 Å². The lowest BCUT2D eigenvalue weighted by atomic mass is 10.1. The minimum atomic E-state index is -3.56. The molecule has 2 aromatic carbocycles.